The van der Waals surface area contributed by atoms with E-state index >= 15 is 0 Å². The van der Waals surface area contributed by atoms with Gasteiger partial charge in [-0.05, 0) is 35.8 Å². The first-order valence-corrected chi connectivity index (χ1v) is 8.81. The minimum absolute atomic E-state index is 0.273. The molecule has 0 radical (unpaired) electrons. The van der Waals surface area contributed by atoms with Crippen molar-refractivity contribution < 1.29 is 9.53 Å². The van der Waals surface area contributed by atoms with E-state index in [1.54, 1.807) is 0 Å². The number of likely N-dealkylation sites (tertiary alicyclic amines) is 2. The lowest BCUT2D eigenvalue weighted by atomic mass is 10.0. The Balaban J connectivity index is 1.24. The highest BCUT2D eigenvalue weighted by Crippen LogP contribution is 2.52. The molecular weight excluding hydrogens is 290 g/mol. The van der Waals surface area contributed by atoms with Crippen LogP contribution in [0.15, 0.2) is 24.5 Å². The van der Waals surface area contributed by atoms with Crippen molar-refractivity contribution in [1.82, 2.24) is 14.8 Å². The van der Waals surface area contributed by atoms with Gasteiger partial charge in [0.05, 0.1) is 13.2 Å². The molecule has 1 aliphatic carbocycles. The Morgan fingerprint density at radius 2 is 2.17 bits per heavy atom. The van der Waals surface area contributed by atoms with Crippen molar-refractivity contribution in [2.75, 3.05) is 32.8 Å². The van der Waals surface area contributed by atoms with E-state index in [1.807, 2.05) is 18.5 Å². The minimum Gasteiger partial charge on any atom is -0.381 e. The predicted molar refractivity (Wildman–Crippen MR) is 84.4 cm³/mol. The molecule has 0 N–H and O–H groups in total. The van der Waals surface area contributed by atoms with Crippen LogP contribution in [0.25, 0.3) is 0 Å². The molecule has 5 atom stereocenters. The van der Waals surface area contributed by atoms with Crippen molar-refractivity contribution in [1.29, 1.82) is 0 Å². The Bertz CT molecular complexity index is 598. The lowest BCUT2D eigenvalue weighted by Gasteiger charge is -2.26. The minimum atomic E-state index is 0.273. The van der Waals surface area contributed by atoms with E-state index < -0.39 is 0 Å². The van der Waals surface area contributed by atoms with Gasteiger partial charge in [0.1, 0.15) is 0 Å². The molecule has 1 saturated carbocycles. The van der Waals surface area contributed by atoms with Gasteiger partial charge in [-0.25, -0.2) is 0 Å². The van der Waals surface area contributed by atoms with E-state index in [9.17, 15) is 4.79 Å². The molecule has 122 valence electrons. The molecule has 3 aliphatic heterocycles. The van der Waals surface area contributed by atoms with E-state index in [-0.39, 0.29) is 5.92 Å². The van der Waals surface area contributed by atoms with Crippen molar-refractivity contribution in [3.8, 4) is 0 Å². The Hall–Kier alpha value is -1.46. The molecule has 4 fully saturated rings. The summed E-state index contributed by atoms with van der Waals surface area (Å²) in [5, 5.41) is 0. The summed E-state index contributed by atoms with van der Waals surface area (Å²) in [5.41, 5.74) is 1.26. The Labute approximate surface area is 136 Å². The van der Waals surface area contributed by atoms with Crippen molar-refractivity contribution in [3.63, 3.8) is 0 Å². The molecule has 1 aromatic rings. The van der Waals surface area contributed by atoms with Crippen molar-refractivity contribution in [2.45, 2.75) is 19.0 Å². The molecule has 5 rings (SSSR count). The first-order chi connectivity index (χ1) is 11.3. The SMILES string of the molecule is O=C(C1[C@H]2COC[C@@H]12)N1CC[C@H]2CN(Cc3cccnc3)C[C@H]21. The smallest absolute Gasteiger partial charge is 0.226 e. The molecule has 5 heteroatoms. The van der Waals surface area contributed by atoms with E-state index in [2.05, 4.69) is 20.9 Å². The normalized spacial score (nSPS) is 38.6. The van der Waals surface area contributed by atoms with Gasteiger partial charge in [0.15, 0.2) is 0 Å². The second-order valence-corrected chi connectivity index (χ2v) is 7.59. The van der Waals surface area contributed by atoms with Gasteiger partial charge < -0.3 is 9.64 Å². The average Bonchev–Trinajstić information content (AvgIpc) is 2.96. The number of rotatable bonds is 3. The molecule has 1 aromatic heterocycles. The van der Waals surface area contributed by atoms with Gasteiger partial charge in [-0.2, -0.15) is 0 Å². The Morgan fingerprint density at radius 1 is 1.30 bits per heavy atom. The summed E-state index contributed by atoms with van der Waals surface area (Å²) in [4.78, 5) is 21.8. The number of nitrogens with zero attached hydrogens (tertiary/aromatic N) is 3. The number of amides is 1. The van der Waals surface area contributed by atoms with Crippen LogP contribution in [0.2, 0.25) is 0 Å². The summed E-state index contributed by atoms with van der Waals surface area (Å²) in [6, 6.07) is 4.56. The molecule has 1 amide bonds. The summed E-state index contributed by atoms with van der Waals surface area (Å²) < 4.78 is 5.43. The van der Waals surface area contributed by atoms with Gasteiger partial charge in [-0.1, -0.05) is 6.07 Å². The predicted octanol–water partition coefficient (Wildman–Crippen LogP) is 1.01. The Morgan fingerprint density at radius 3 is 2.96 bits per heavy atom. The van der Waals surface area contributed by atoms with Gasteiger partial charge in [-0.15, -0.1) is 0 Å². The van der Waals surface area contributed by atoms with Crippen molar-refractivity contribution in [2.24, 2.45) is 23.7 Å². The van der Waals surface area contributed by atoms with Gasteiger partial charge >= 0.3 is 0 Å². The number of carbonyl (C=O) groups is 1. The number of hydrogen-bond donors (Lipinski definition) is 0. The first-order valence-electron chi connectivity index (χ1n) is 8.81. The van der Waals surface area contributed by atoms with E-state index in [0.29, 0.717) is 29.7 Å². The topological polar surface area (TPSA) is 45.7 Å². The summed E-state index contributed by atoms with van der Waals surface area (Å²) in [6.07, 6.45) is 4.93. The summed E-state index contributed by atoms with van der Waals surface area (Å²) >= 11 is 0. The fourth-order valence-corrected chi connectivity index (χ4v) is 5.00. The zero-order valence-electron chi connectivity index (χ0n) is 13.3. The largest absolute Gasteiger partial charge is 0.381 e. The van der Waals surface area contributed by atoms with Crippen LogP contribution in [0.5, 0.6) is 0 Å². The number of pyridine rings is 1. The van der Waals surface area contributed by atoms with Crippen molar-refractivity contribution >= 4 is 5.91 Å². The fourth-order valence-electron chi connectivity index (χ4n) is 5.00. The molecule has 4 aliphatic rings. The number of carbonyl (C=O) groups excluding carboxylic acids is 1. The summed E-state index contributed by atoms with van der Waals surface area (Å²) in [5.74, 6) is 2.39. The van der Waals surface area contributed by atoms with Crippen LogP contribution in [0.3, 0.4) is 0 Å². The molecule has 1 unspecified atom stereocenters. The summed E-state index contributed by atoms with van der Waals surface area (Å²) in [7, 11) is 0. The highest BCUT2D eigenvalue weighted by atomic mass is 16.5. The second kappa shape index (κ2) is 5.28. The molecule has 3 saturated heterocycles. The highest BCUT2D eigenvalue weighted by molar-refractivity contribution is 5.83. The van der Waals surface area contributed by atoms with Gasteiger partial charge in [0.2, 0.25) is 5.91 Å². The van der Waals surface area contributed by atoms with Crippen LogP contribution < -0.4 is 0 Å². The standard InChI is InChI=1S/C18H23N3O2/c22-18(17-14-10-23-11-15(14)17)21-5-3-13-8-20(9-16(13)21)7-12-2-1-4-19-6-12/h1-2,4,6,13-17H,3,5,7-11H2/t13-,14-,15+,16+,17?/m0/s1. The van der Waals surface area contributed by atoms with Crippen LogP contribution in [-0.4, -0.2) is 59.6 Å². The van der Waals surface area contributed by atoms with Crippen LogP contribution in [0, 0.1) is 23.7 Å². The maximum absolute atomic E-state index is 12.9. The average molecular weight is 313 g/mol. The van der Waals surface area contributed by atoms with Gasteiger partial charge in [0.25, 0.3) is 0 Å². The Kier molecular flexibility index (Phi) is 3.20. The third-order valence-corrected chi connectivity index (χ3v) is 6.27. The number of fused-ring (bicyclic) bond motifs is 2. The van der Waals surface area contributed by atoms with E-state index in [1.165, 1.54) is 12.0 Å². The maximum atomic E-state index is 12.9. The number of aromatic nitrogens is 1. The van der Waals surface area contributed by atoms with E-state index in [4.69, 9.17) is 4.74 Å². The second-order valence-electron chi connectivity index (χ2n) is 7.59. The number of hydrogen-bond acceptors (Lipinski definition) is 4. The van der Waals surface area contributed by atoms with Crippen LogP contribution in [0.1, 0.15) is 12.0 Å². The molecule has 0 bridgehead atoms. The summed E-state index contributed by atoms with van der Waals surface area (Å²) in [6.45, 7) is 5.65. The molecule has 4 heterocycles. The lowest BCUT2D eigenvalue weighted by molar-refractivity contribution is -0.135. The first kappa shape index (κ1) is 13.9. The highest BCUT2D eigenvalue weighted by Gasteiger charge is 2.60. The number of ether oxygens (including phenoxy) is 1. The van der Waals surface area contributed by atoms with Crippen LogP contribution in [0.4, 0.5) is 0 Å². The van der Waals surface area contributed by atoms with Crippen LogP contribution >= 0.6 is 0 Å². The third kappa shape index (κ3) is 2.29. The molecule has 23 heavy (non-hydrogen) atoms. The third-order valence-electron chi connectivity index (χ3n) is 6.27. The zero-order valence-corrected chi connectivity index (χ0v) is 13.3. The van der Waals surface area contributed by atoms with Crippen LogP contribution in [-0.2, 0) is 16.1 Å². The molecule has 0 spiro atoms. The molecule has 0 aromatic carbocycles. The molecular formula is C18H23N3O2. The fraction of sp³-hybridized carbons (Fsp3) is 0.667. The molecule has 5 nitrogen and oxygen atoms in total. The van der Waals surface area contributed by atoms with Gasteiger partial charge in [-0.3, -0.25) is 14.7 Å². The monoisotopic (exact) mass is 313 g/mol. The maximum Gasteiger partial charge on any atom is 0.226 e. The zero-order chi connectivity index (χ0) is 15.4. The van der Waals surface area contributed by atoms with E-state index in [0.717, 1.165) is 39.4 Å². The lowest BCUT2D eigenvalue weighted by Crippen LogP contribution is -2.41. The van der Waals surface area contributed by atoms with Gasteiger partial charge in [0, 0.05) is 50.5 Å². The quantitative estimate of drug-likeness (QED) is 0.835. The van der Waals surface area contributed by atoms with Crippen molar-refractivity contribution in [3.05, 3.63) is 30.1 Å².